The second-order valence-corrected chi connectivity index (χ2v) is 4.82. The predicted octanol–water partition coefficient (Wildman–Crippen LogP) is 1.96. The Morgan fingerprint density at radius 3 is 2.73 bits per heavy atom. The number of methoxy groups -OCH3 is 1. The van der Waals surface area contributed by atoms with Gasteiger partial charge < -0.3 is 10.1 Å². The molecule has 0 amide bonds. The zero-order valence-electron chi connectivity index (χ0n) is 10.3. The average Bonchev–Trinajstić information content (AvgIpc) is 2.24. The molecule has 0 aromatic heterocycles. The summed E-state index contributed by atoms with van der Waals surface area (Å²) < 4.78 is 4.78. The Labute approximate surface area is 92.6 Å². The Hall–Kier alpha value is -0.570. The van der Waals surface area contributed by atoms with Gasteiger partial charge in [0.1, 0.15) is 0 Å². The summed E-state index contributed by atoms with van der Waals surface area (Å²) >= 11 is 0. The summed E-state index contributed by atoms with van der Waals surface area (Å²) in [5.74, 6) is 1.09. The average molecular weight is 213 g/mol. The molecule has 0 aliphatic heterocycles. The first-order valence-electron chi connectivity index (χ1n) is 5.81. The lowest BCUT2D eigenvalue weighted by Gasteiger charge is -2.45. The van der Waals surface area contributed by atoms with Gasteiger partial charge in [0, 0.05) is 5.54 Å². The van der Waals surface area contributed by atoms with E-state index >= 15 is 0 Å². The van der Waals surface area contributed by atoms with Crippen molar-refractivity contribution in [2.45, 2.75) is 45.1 Å². The molecule has 1 fully saturated rings. The molecule has 0 aromatic rings. The van der Waals surface area contributed by atoms with Gasteiger partial charge >= 0.3 is 5.97 Å². The van der Waals surface area contributed by atoms with E-state index in [-0.39, 0.29) is 11.5 Å². The number of hydrogen-bond donors (Lipinski definition) is 1. The number of carbonyl (C=O) groups is 1. The monoisotopic (exact) mass is 213 g/mol. The largest absolute Gasteiger partial charge is 0.469 e. The van der Waals surface area contributed by atoms with Crippen molar-refractivity contribution in [2.75, 3.05) is 14.2 Å². The highest BCUT2D eigenvalue weighted by molar-refractivity contribution is 5.70. The molecule has 1 rings (SSSR count). The summed E-state index contributed by atoms with van der Waals surface area (Å²) in [4.78, 5) is 11.4. The van der Waals surface area contributed by atoms with Gasteiger partial charge in [-0.2, -0.15) is 0 Å². The van der Waals surface area contributed by atoms with Gasteiger partial charge in [-0.05, 0) is 25.3 Å². The SMILES string of the molecule is CNC1(CC(=O)OC)CCCC(C)C1C. The van der Waals surface area contributed by atoms with E-state index in [4.69, 9.17) is 4.74 Å². The van der Waals surface area contributed by atoms with Crippen LogP contribution in [0.5, 0.6) is 0 Å². The van der Waals surface area contributed by atoms with E-state index in [1.165, 1.54) is 20.0 Å². The van der Waals surface area contributed by atoms with Gasteiger partial charge in [0.25, 0.3) is 0 Å². The molecule has 3 atom stereocenters. The quantitative estimate of drug-likeness (QED) is 0.728. The van der Waals surface area contributed by atoms with E-state index in [0.29, 0.717) is 18.3 Å². The van der Waals surface area contributed by atoms with E-state index < -0.39 is 0 Å². The van der Waals surface area contributed by atoms with Crippen LogP contribution in [0.1, 0.15) is 39.5 Å². The van der Waals surface area contributed by atoms with Crippen LogP contribution in [0.15, 0.2) is 0 Å². The second-order valence-electron chi connectivity index (χ2n) is 4.82. The van der Waals surface area contributed by atoms with Crippen molar-refractivity contribution >= 4 is 5.97 Å². The standard InChI is InChI=1S/C12H23NO2/c1-9-6-5-7-12(13-3,10(9)2)8-11(14)15-4/h9-10,13H,5-8H2,1-4H3. The third-order valence-electron chi connectivity index (χ3n) is 4.19. The molecule has 1 saturated carbocycles. The summed E-state index contributed by atoms with van der Waals surface area (Å²) in [5.41, 5.74) is -0.0508. The van der Waals surface area contributed by atoms with Crippen molar-refractivity contribution in [3.05, 3.63) is 0 Å². The van der Waals surface area contributed by atoms with Crippen LogP contribution in [0.3, 0.4) is 0 Å². The van der Waals surface area contributed by atoms with Gasteiger partial charge in [0.15, 0.2) is 0 Å². The maximum absolute atomic E-state index is 11.4. The number of carbonyl (C=O) groups excluding carboxylic acids is 1. The zero-order valence-corrected chi connectivity index (χ0v) is 10.3. The minimum Gasteiger partial charge on any atom is -0.469 e. The maximum atomic E-state index is 11.4. The van der Waals surface area contributed by atoms with Crippen LogP contribution >= 0.6 is 0 Å². The Morgan fingerprint density at radius 2 is 2.20 bits per heavy atom. The summed E-state index contributed by atoms with van der Waals surface area (Å²) in [5, 5.41) is 3.36. The first-order chi connectivity index (χ1) is 7.05. The predicted molar refractivity (Wildman–Crippen MR) is 60.6 cm³/mol. The molecule has 0 aromatic carbocycles. The van der Waals surface area contributed by atoms with Gasteiger partial charge in [-0.25, -0.2) is 0 Å². The van der Waals surface area contributed by atoms with E-state index in [0.717, 1.165) is 6.42 Å². The van der Waals surface area contributed by atoms with E-state index in [1.807, 2.05) is 7.05 Å². The second kappa shape index (κ2) is 4.97. The van der Waals surface area contributed by atoms with Crippen molar-refractivity contribution in [2.24, 2.45) is 11.8 Å². The summed E-state index contributed by atoms with van der Waals surface area (Å²) in [6.07, 6.45) is 4.03. The zero-order chi connectivity index (χ0) is 11.5. The number of rotatable bonds is 3. The van der Waals surface area contributed by atoms with Crippen molar-refractivity contribution in [1.29, 1.82) is 0 Å². The molecular weight excluding hydrogens is 190 g/mol. The maximum Gasteiger partial charge on any atom is 0.307 e. The van der Waals surface area contributed by atoms with Crippen LogP contribution in [0.4, 0.5) is 0 Å². The molecule has 0 saturated heterocycles. The highest BCUT2D eigenvalue weighted by atomic mass is 16.5. The fourth-order valence-corrected chi connectivity index (χ4v) is 2.78. The Morgan fingerprint density at radius 1 is 1.53 bits per heavy atom. The first kappa shape index (κ1) is 12.5. The number of esters is 1. The molecule has 15 heavy (non-hydrogen) atoms. The molecule has 0 heterocycles. The smallest absolute Gasteiger partial charge is 0.307 e. The lowest BCUT2D eigenvalue weighted by molar-refractivity contribution is -0.143. The highest BCUT2D eigenvalue weighted by Crippen LogP contribution is 2.39. The van der Waals surface area contributed by atoms with Crippen LogP contribution in [-0.2, 0) is 9.53 Å². The van der Waals surface area contributed by atoms with Crippen LogP contribution in [0, 0.1) is 11.8 Å². The van der Waals surface area contributed by atoms with Crippen molar-refractivity contribution < 1.29 is 9.53 Å². The van der Waals surface area contributed by atoms with Crippen LogP contribution in [-0.4, -0.2) is 25.7 Å². The molecule has 0 radical (unpaired) electrons. The summed E-state index contributed by atoms with van der Waals surface area (Å²) in [6, 6.07) is 0. The van der Waals surface area contributed by atoms with Crippen molar-refractivity contribution in [3.8, 4) is 0 Å². The Kier molecular flexibility index (Phi) is 4.14. The van der Waals surface area contributed by atoms with E-state index in [2.05, 4.69) is 19.2 Å². The fourth-order valence-electron chi connectivity index (χ4n) is 2.78. The number of hydrogen-bond acceptors (Lipinski definition) is 3. The van der Waals surface area contributed by atoms with Crippen molar-refractivity contribution in [3.63, 3.8) is 0 Å². The molecule has 3 heteroatoms. The molecule has 3 unspecified atom stereocenters. The molecule has 3 nitrogen and oxygen atoms in total. The van der Waals surface area contributed by atoms with Crippen molar-refractivity contribution in [1.82, 2.24) is 5.32 Å². The summed E-state index contributed by atoms with van der Waals surface area (Å²) in [6.45, 7) is 4.51. The van der Waals surface area contributed by atoms with E-state index in [1.54, 1.807) is 0 Å². The van der Waals surface area contributed by atoms with Gasteiger partial charge in [-0.3, -0.25) is 4.79 Å². The lowest BCUT2D eigenvalue weighted by Crippen LogP contribution is -2.54. The molecule has 1 aliphatic rings. The molecule has 1 N–H and O–H groups in total. The molecule has 88 valence electrons. The highest BCUT2D eigenvalue weighted by Gasteiger charge is 2.41. The minimum atomic E-state index is -0.106. The first-order valence-corrected chi connectivity index (χ1v) is 5.81. The molecule has 0 bridgehead atoms. The Balaban J connectivity index is 2.77. The molecule has 1 aliphatic carbocycles. The number of ether oxygens (including phenoxy) is 1. The molecule has 0 spiro atoms. The van der Waals surface area contributed by atoms with Gasteiger partial charge in [-0.1, -0.05) is 26.7 Å². The van der Waals surface area contributed by atoms with Crippen LogP contribution < -0.4 is 5.32 Å². The van der Waals surface area contributed by atoms with Gasteiger partial charge in [0.2, 0.25) is 0 Å². The van der Waals surface area contributed by atoms with Gasteiger partial charge in [0.05, 0.1) is 13.5 Å². The molecular formula is C12H23NO2. The van der Waals surface area contributed by atoms with Crippen LogP contribution in [0.2, 0.25) is 0 Å². The third-order valence-corrected chi connectivity index (χ3v) is 4.19. The third kappa shape index (κ3) is 2.51. The lowest BCUT2D eigenvalue weighted by atomic mass is 9.67. The van der Waals surface area contributed by atoms with Gasteiger partial charge in [-0.15, -0.1) is 0 Å². The number of nitrogens with one attached hydrogen (secondary N) is 1. The Bertz CT molecular complexity index is 230. The summed E-state index contributed by atoms with van der Waals surface area (Å²) in [7, 11) is 3.42. The normalized spacial score (nSPS) is 36.3. The van der Waals surface area contributed by atoms with Crippen LogP contribution in [0.25, 0.3) is 0 Å². The van der Waals surface area contributed by atoms with E-state index in [9.17, 15) is 4.79 Å². The topological polar surface area (TPSA) is 38.3 Å². The fraction of sp³-hybridized carbons (Fsp3) is 0.917. The minimum absolute atomic E-state index is 0.0508.